The van der Waals surface area contributed by atoms with Crippen LogP contribution in [0.4, 0.5) is 11.4 Å². The van der Waals surface area contributed by atoms with E-state index in [9.17, 15) is 14.9 Å². The Bertz CT molecular complexity index is 899. The number of aromatic amines is 1. The molecule has 2 N–H and O–H groups in total. The van der Waals surface area contributed by atoms with Crippen LogP contribution in [0.3, 0.4) is 0 Å². The van der Waals surface area contributed by atoms with E-state index in [4.69, 9.17) is 0 Å². The first-order valence-corrected chi connectivity index (χ1v) is 6.67. The largest absolute Gasteiger partial charge is 0.320 e. The average molecular weight is 309 g/mol. The molecule has 0 aliphatic rings. The summed E-state index contributed by atoms with van der Waals surface area (Å²) in [6.45, 7) is 0. The highest BCUT2D eigenvalue weighted by Gasteiger charge is 2.06. The first-order chi connectivity index (χ1) is 11.1. The van der Waals surface area contributed by atoms with Gasteiger partial charge in [-0.25, -0.2) is 0 Å². The number of H-pyrrole nitrogens is 1. The van der Waals surface area contributed by atoms with Crippen molar-refractivity contribution < 1.29 is 9.72 Å². The molecule has 0 saturated carbocycles. The van der Waals surface area contributed by atoms with Crippen molar-refractivity contribution in [2.24, 2.45) is 0 Å². The molecule has 0 aliphatic heterocycles. The van der Waals surface area contributed by atoms with Crippen LogP contribution in [0.25, 0.3) is 17.1 Å². The van der Waals surface area contributed by atoms with Crippen molar-refractivity contribution >= 4 is 34.4 Å². The van der Waals surface area contributed by atoms with Gasteiger partial charge in [0.15, 0.2) is 0 Å². The number of nitro groups is 1. The van der Waals surface area contributed by atoms with Crippen molar-refractivity contribution in [3.63, 3.8) is 0 Å². The fourth-order valence-electron chi connectivity index (χ4n) is 2.02. The predicted octanol–water partition coefficient (Wildman–Crippen LogP) is 2.52. The van der Waals surface area contributed by atoms with E-state index < -0.39 is 4.92 Å². The molecule has 1 aromatic heterocycles. The van der Waals surface area contributed by atoms with Gasteiger partial charge in [0.25, 0.3) is 5.69 Å². The van der Waals surface area contributed by atoms with Gasteiger partial charge in [0.05, 0.1) is 16.1 Å². The summed E-state index contributed by atoms with van der Waals surface area (Å²) in [5.41, 5.74) is 2.54. The van der Waals surface area contributed by atoms with Crippen LogP contribution >= 0.6 is 0 Å². The van der Waals surface area contributed by atoms with Crippen molar-refractivity contribution in [3.8, 4) is 0 Å². The number of fused-ring (bicyclic) bond motifs is 1. The second-order valence-electron chi connectivity index (χ2n) is 4.68. The maximum absolute atomic E-state index is 12.0. The maximum atomic E-state index is 12.0. The van der Waals surface area contributed by atoms with Crippen LogP contribution in [-0.2, 0) is 4.79 Å². The zero-order chi connectivity index (χ0) is 16.2. The van der Waals surface area contributed by atoms with Crippen LogP contribution in [0, 0.1) is 10.1 Å². The van der Waals surface area contributed by atoms with Crippen molar-refractivity contribution in [2.45, 2.75) is 0 Å². The van der Waals surface area contributed by atoms with Crippen LogP contribution in [0.1, 0.15) is 5.56 Å². The third-order valence-corrected chi connectivity index (χ3v) is 3.15. The highest BCUT2D eigenvalue weighted by atomic mass is 16.6. The Morgan fingerprint density at radius 3 is 2.74 bits per heavy atom. The average Bonchev–Trinajstić information content (AvgIpc) is 3.03. The van der Waals surface area contributed by atoms with Crippen LogP contribution in [-0.4, -0.2) is 26.2 Å². The summed E-state index contributed by atoms with van der Waals surface area (Å²) in [7, 11) is 0. The summed E-state index contributed by atoms with van der Waals surface area (Å²) >= 11 is 0. The first-order valence-electron chi connectivity index (χ1n) is 6.67. The lowest BCUT2D eigenvalue weighted by Crippen LogP contribution is -2.08. The Hall–Kier alpha value is -3.55. The Balaban J connectivity index is 1.71. The molecule has 3 aromatic rings. The number of hydrogen-bond donors (Lipinski definition) is 2. The minimum atomic E-state index is -0.473. The number of amides is 1. The van der Waals surface area contributed by atoms with Gasteiger partial charge in [0.1, 0.15) is 5.52 Å². The quantitative estimate of drug-likeness (QED) is 0.436. The van der Waals surface area contributed by atoms with Crippen molar-refractivity contribution in [1.82, 2.24) is 15.4 Å². The summed E-state index contributed by atoms with van der Waals surface area (Å²) in [4.78, 5) is 22.1. The molecule has 8 heteroatoms. The zero-order valence-corrected chi connectivity index (χ0v) is 11.8. The van der Waals surface area contributed by atoms with Gasteiger partial charge in [0, 0.05) is 18.2 Å². The van der Waals surface area contributed by atoms with Gasteiger partial charge in [-0.2, -0.15) is 0 Å². The maximum Gasteiger partial charge on any atom is 0.269 e. The Kier molecular flexibility index (Phi) is 3.79. The van der Waals surface area contributed by atoms with E-state index in [0.717, 1.165) is 5.52 Å². The van der Waals surface area contributed by atoms with Crippen molar-refractivity contribution in [3.05, 3.63) is 64.2 Å². The Morgan fingerprint density at radius 1 is 1.22 bits per heavy atom. The van der Waals surface area contributed by atoms with Gasteiger partial charge in [0.2, 0.25) is 5.91 Å². The third kappa shape index (κ3) is 3.21. The summed E-state index contributed by atoms with van der Waals surface area (Å²) in [5, 5.41) is 23.6. The van der Waals surface area contributed by atoms with Gasteiger partial charge < -0.3 is 5.32 Å². The molecule has 0 atom stereocenters. The molecule has 0 fully saturated rings. The molecule has 3 rings (SSSR count). The Morgan fingerprint density at radius 2 is 2.00 bits per heavy atom. The summed E-state index contributed by atoms with van der Waals surface area (Å²) in [6.07, 6.45) is 2.92. The van der Waals surface area contributed by atoms with E-state index in [1.807, 2.05) is 0 Å². The van der Waals surface area contributed by atoms with E-state index in [0.29, 0.717) is 16.8 Å². The van der Waals surface area contributed by atoms with Gasteiger partial charge >= 0.3 is 0 Å². The third-order valence-electron chi connectivity index (χ3n) is 3.15. The second-order valence-corrected chi connectivity index (χ2v) is 4.68. The second kappa shape index (κ2) is 6.06. The van der Waals surface area contributed by atoms with Gasteiger partial charge in [-0.05, 0) is 35.9 Å². The minimum absolute atomic E-state index is 0.00399. The molecular weight excluding hydrogens is 298 g/mol. The van der Waals surface area contributed by atoms with Crippen LogP contribution < -0.4 is 5.32 Å². The predicted molar refractivity (Wildman–Crippen MR) is 84.6 cm³/mol. The highest BCUT2D eigenvalue weighted by molar-refractivity contribution is 6.06. The highest BCUT2D eigenvalue weighted by Crippen LogP contribution is 2.19. The van der Waals surface area contributed by atoms with Gasteiger partial charge in [-0.1, -0.05) is 11.3 Å². The molecule has 0 radical (unpaired) electrons. The lowest BCUT2D eigenvalue weighted by molar-refractivity contribution is -0.384. The van der Waals surface area contributed by atoms with E-state index in [1.165, 1.54) is 18.2 Å². The fraction of sp³-hybridized carbons (Fsp3) is 0. The first kappa shape index (κ1) is 14.4. The number of nitrogens with one attached hydrogen (secondary N) is 2. The lowest BCUT2D eigenvalue weighted by atomic mass is 10.2. The smallest absolute Gasteiger partial charge is 0.269 e. The molecule has 0 saturated heterocycles. The fourth-order valence-corrected chi connectivity index (χ4v) is 2.02. The summed E-state index contributed by atoms with van der Waals surface area (Å²) in [6, 6.07) is 11.2. The molecular formula is C15H11N5O3. The molecule has 2 aromatic carbocycles. The number of anilines is 1. The molecule has 0 spiro atoms. The SMILES string of the molecule is O=C(C=Cc1ccc([N+](=O)[O-])cc1)Nc1cccc2[nH]nnc12. The van der Waals surface area contributed by atoms with Crippen molar-refractivity contribution in [1.29, 1.82) is 0 Å². The van der Waals surface area contributed by atoms with E-state index in [2.05, 4.69) is 20.7 Å². The number of hydrogen-bond acceptors (Lipinski definition) is 5. The normalized spacial score (nSPS) is 11.0. The molecule has 114 valence electrons. The number of carbonyl (C=O) groups is 1. The van der Waals surface area contributed by atoms with Crippen LogP contribution in [0.2, 0.25) is 0 Å². The number of carbonyl (C=O) groups excluding carboxylic acids is 1. The number of aromatic nitrogens is 3. The van der Waals surface area contributed by atoms with Gasteiger partial charge in [-0.3, -0.25) is 20.0 Å². The molecule has 0 bridgehead atoms. The standard InChI is InChI=1S/C15H11N5O3/c21-14(9-6-10-4-7-11(8-5-10)20(22)23)16-12-2-1-3-13-15(12)18-19-17-13/h1-9H,(H,16,21)(H,17,18,19). The van der Waals surface area contributed by atoms with E-state index >= 15 is 0 Å². The molecule has 0 aliphatic carbocycles. The molecule has 0 unspecified atom stereocenters. The number of nitrogens with zero attached hydrogens (tertiary/aromatic N) is 3. The number of benzene rings is 2. The topological polar surface area (TPSA) is 114 Å². The summed E-state index contributed by atoms with van der Waals surface area (Å²) in [5.74, 6) is -0.334. The molecule has 1 heterocycles. The number of non-ortho nitro benzene ring substituents is 1. The molecule has 8 nitrogen and oxygen atoms in total. The zero-order valence-electron chi connectivity index (χ0n) is 11.8. The van der Waals surface area contributed by atoms with Gasteiger partial charge in [-0.15, -0.1) is 5.10 Å². The lowest BCUT2D eigenvalue weighted by Gasteiger charge is -2.02. The number of nitro benzene ring substituents is 1. The number of rotatable bonds is 4. The Labute approximate surface area is 130 Å². The van der Waals surface area contributed by atoms with Crippen molar-refractivity contribution in [2.75, 3.05) is 5.32 Å². The van der Waals surface area contributed by atoms with Crippen LogP contribution in [0.5, 0.6) is 0 Å². The minimum Gasteiger partial charge on any atom is -0.320 e. The molecule has 23 heavy (non-hydrogen) atoms. The molecule has 1 amide bonds. The van der Waals surface area contributed by atoms with E-state index in [-0.39, 0.29) is 11.6 Å². The van der Waals surface area contributed by atoms with E-state index in [1.54, 1.807) is 36.4 Å². The monoisotopic (exact) mass is 309 g/mol. The van der Waals surface area contributed by atoms with Crippen LogP contribution in [0.15, 0.2) is 48.5 Å². The summed E-state index contributed by atoms with van der Waals surface area (Å²) < 4.78 is 0.